The molecule has 0 aromatic carbocycles. The van der Waals surface area contributed by atoms with E-state index in [0.717, 1.165) is 0 Å². The molecule has 10 heteroatoms. The van der Waals surface area contributed by atoms with Gasteiger partial charge in [0.15, 0.2) is 0 Å². The maximum absolute atomic E-state index is 11.9. The van der Waals surface area contributed by atoms with Crippen LogP contribution < -0.4 is 25.2 Å². The maximum atomic E-state index is 11.9. The van der Waals surface area contributed by atoms with E-state index < -0.39 is 21.8 Å². The van der Waals surface area contributed by atoms with Crippen molar-refractivity contribution in [1.29, 1.82) is 0 Å². The van der Waals surface area contributed by atoms with E-state index >= 15 is 0 Å². The lowest BCUT2D eigenvalue weighted by molar-refractivity contribution is 0.241. The minimum atomic E-state index is -3.81. The Morgan fingerprint density at radius 1 is 1.48 bits per heavy atom. The monoisotopic (exact) mass is 317 g/mol. The minimum absolute atomic E-state index is 0.0427. The van der Waals surface area contributed by atoms with Crippen LogP contribution in [-0.2, 0) is 10.2 Å². The van der Waals surface area contributed by atoms with Crippen molar-refractivity contribution < 1.29 is 17.9 Å². The number of anilines is 1. The van der Waals surface area contributed by atoms with Crippen molar-refractivity contribution in [2.75, 3.05) is 19.0 Å². The number of urea groups is 1. The molecule has 0 saturated heterocycles. The molecule has 0 unspecified atom stereocenters. The summed E-state index contributed by atoms with van der Waals surface area (Å²) in [5.41, 5.74) is -0.331. The Morgan fingerprint density at radius 2 is 2.14 bits per heavy atom. The largest absolute Gasteiger partial charge is 0.481 e. The molecule has 0 bridgehead atoms. The van der Waals surface area contributed by atoms with Gasteiger partial charge in [-0.1, -0.05) is 0 Å². The summed E-state index contributed by atoms with van der Waals surface area (Å²) in [6.45, 7) is 3.26. The molecule has 2 amide bonds. The number of nitrogens with zero attached hydrogens (tertiary/aromatic N) is 1. The molecular formula is C11H19N5O4S. The molecule has 5 N–H and O–H groups in total. The second-order valence-corrected chi connectivity index (χ2v) is 6.29. The summed E-state index contributed by atoms with van der Waals surface area (Å²) in [6, 6.07) is 2.65. The van der Waals surface area contributed by atoms with Gasteiger partial charge >= 0.3 is 6.03 Å². The SMILES string of the molecule is COc1cc(NC(=O)NC(C)(C)CNS(N)(=O)=O)ccn1. The van der Waals surface area contributed by atoms with Gasteiger partial charge < -0.3 is 15.4 Å². The first-order chi connectivity index (χ1) is 9.61. The zero-order valence-electron chi connectivity index (χ0n) is 12.0. The summed E-state index contributed by atoms with van der Waals surface area (Å²) in [5.74, 6) is 0.364. The van der Waals surface area contributed by atoms with Crippen LogP contribution in [0.4, 0.5) is 10.5 Å². The molecule has 0 spiro atoms. The van der Waals surface area contributed by atoms with Crippen molar-refractivity contribution in [3.8, 4) is 5.88 Å². The molecule has 0 saturated carbocycles. The van der Waals surface area contributed by atoms with Crippen LogP contribution in [-0.4, -0.2) is 38.6 Å². The van der Waals surface area contributed by atoms with Crippen molar-refractivity contribution in [3.63, 3.8) is 0 Å². The van der Waals surface area contributed by atoms with Crippen molar-refractivity contribution in [2.24, 2.45) is 5.14 Å². The van der Waals surface area contributed by atoms with E-state index in [2.05, 4.69) is 20.3 Å². The predicted molar refractivity (Wildman–Crippen MR) is 78.1 cm³/mol. The van der Waals surface area contributed by atoms with E-state index in [4.69, 9.17) is 9.88 Å². The molecule has 0 atom stereocenters. The van der Waals surface area contributed by atoms with Crippen LogP contribution in [0.5, 0.6) is 5.88 Å². The summed E-state index contributed by atoms with van der Waals surface area (Å²) in [4.78, 5) is 15.8. The van der Waals surface area contributed by atoms with Crippen LogP contribution in [0.3, 0.4) is 0 Å². The van der Waals surface area contributed by atoms with Gasteiger partial charge in [-0.05, 0) is 19.9 Å². The normalized spacial score (nSPS) is 11.8. The number of nitrogens with two attached hydrogens (primary N) is 1. The van der Waals surface area contributed by atoms with Crippen LogP contribution >= 0.6 is 0 Å². The van der Waals surface area contributed by atoms with Gasteiger partial charge in [-0.25, -0.2) is 19.6 Å². The summed E-state index contributed by atoms with van der Waals surface area (Å²) < 4.78 is 28.8. The van der Waals surface area contributed by atoms with E-state index in [1.54, 1.807) is 26.0 Å². The third kappa shape index (κ3) is 6.88. The molecule has 0 fully saturated rings. The van der Waals surface area contributed by atoms with Crippen molar-refractivity contribution in [1.82, 2.24) is 15.0 Å². The summed E-state index contributed by atoms with van der Waals surface area (Å²) in [5, 5.41) is 10.1. The number of ether oxygens (including phenoxy) is 1. The maximum Gasteiger partial charge on any atom is 0.319 e. The van der Waals surface area contributed by atoms with Gasteiger partial charge in [0.2, 0.25) is 5.88 Å². The van der Waals surface area contributed by atoms with Crippen LogP contribution in [0, 0.1) is 0 Å². The minimum Gasteiger partial charge on any atom is -0.481 e. The molecule has 118 valence electrons. The zero-order valence-corrected chi connectivity index (χ0v) is 12.8. The molecule has 21 heavy (non-hydrogen) atoms. The van der Waals surface area contributed by atoms with Crippen molar-refractivity contribution in [3.05, 3.63) is 18.3 Å². The molecule has 1 heterocycles. The third-order valence-corrected chi connectivity index (χ3v) is 2.92. The summed E-state index contributed by atoms with van der Waals surface area (Å²) in [6.07, 6.45) is 1.49. The van der Waals surface area contributed by atoms with Gasteiger partial charge in [0, 0.05) is 30.0 Å². The highest BCUT2D eigenvalue weighted by molar-refractivity contribution is 7.87. The predicted octanol–water partition coefficient (Wildman–Crippen LogP) is -0.217. The fourth-order valence-electron chi connectivity index (χ4n) is 1.39. The Morgan fingerprint density at radius 3 is 2.71 bits per heavy atom. The van der Waals surface area contributed by atoms with Crippen molar-refractivity contribution >= 4 is 21.9 Å². The van der Waals surface area contributed by atoms with Gasteiger partial charge in [0.1, 0.15) is 0 Å². The number of carbonyl (C=O) groups is 1. The lowest BCUT2D eigenvalue weighted by atomic mass is 10.1. The smallest absolute Gasteiger partial charge is 0.319 e. The Labute approximate surface area is 123 Å². The molecule has 9 nitrogen and oxygen atoms in total. The Balaban J connectivity index is 2.59. The first-order valence-corrected chi connectivity index (χ1v) is 7.52. The number of rotatable bonds is 6. The number of amides is 2. The highest BCUT2D eigenvalue weighted by Gasteiger charge is 2.22. The number of hydrogen-bond acceptors (Lipinski definition) is 5. The van der Waals surface area contributed by atoms with Crippen LogP contribution in [0.25, 0.3) is 0 Å². The van der Waals surface area contributed by atoms with Crippen molar-refractivity contribution in [2.45, 2.75) is 19.4 Å². The molecule has 0 radical (unpaired) electrons. The van der Waals surface area contributed by atoms with E-state index in [1.165, 1.54) is 13.3 Å². The average Bonchev–Trinajstić information content (AvgIpc) is 2.35. The summed E-state index contributed by atoms with van der Waals surface area (Å²) in [7, 11) is -2.34. The number of aromatic nitrogens is 1. The average molecular weight is 317 g/mol. The molecule has 1 rings (SSSR count). The molecule has 1 aromatic rings. The van der Waals surface area contributed by atoms with Crippen LogP contribution in [0.2, 0.25) is 0 Å². The van der Waals surface area contributed by atoms with E-state index in [-0.39, 0.29) is 6.54 Å². The Kier molecular flexibility index (Phi) is 5.47. The molecule has 0 aliphatic rings. The van der Waals surface area contributed by atoms with E-state index in [0.29, 0.717) is 11.6 Å². The number of methoxy groups -OCH3 is 1. The number of pyridine rings is 1. The lowest BCUT2D eigenvalue weighted by Gasteiger charge is -2.26. The van der Waals surface area contributed by atoms with Gasteiger partial charge in [-0.2, -0.15) is 8.42 Å². The third-order valence-electron chi connectivity index (χ3n) is 2.37. The fourth-order valence-corrected chi connectivity index (χ4v) is 1.96. The molecular weight excluding hydrogens is 298 g/mol. The number of nitrogens with one attached hydrogen (secondary N) is 3. The molecule has 0 aliphatic heterocycles. The first kappa shape index (κ1) is 17.1. The Bertz CT molecular complexity index is 602. The van der Waals surface area contributed by atoms with Gasteiger partial charge in [0.25, 0.3) is 10.2 Å². The number of carbonyl (C=O) groups excluding carboxylic acids is 1. The first-order valence-electron chi connectivity index (χ1n) is 5.98. The van der Waals surface area contributed by atoms with Gasteiger partial charge in [-0.15, -0.1) is 0 Å². The Hall–Kier alpha value is -1.91. The standard InChI is InChI=1S/C11H19N5O4S/c1-11(2,7-14-21(12,18)19)16-10(17)15-8-4-5-13-9(6-8)20-3/h4-6,14H,7H2,1-3H3,(H2,12,18,19)(H2,13,15,16,17). The zero-order chi connectivity index (χ0) is 16.1. The van der Waals surface area contributed by atoms with Crippen LogP contribution in [0.15, 0.2) is 18.3 Å². The quantitative estimate of drug-likeness (QED) is 0.575. The fraction of sp³-hybridized carbons (Fsp3) is 0.455. The molecule has 0 aliphatic carbocycles. The topological polar surface area (TPSA) is 135 Å². The van der Waals surface area contributed by atoms with E-state index in [9.17, 15) is 13.2 Å². The highest BCUT2D eigenvalue weighted by atomic mass is 32.2. The molecule has 1 aromatic heterocycles. The van der Waals surface area contributed by atoms with Gasteiger partial charge in [-0.3, -0.25) is 0 Å². The number of hydrogen-bond donors (Lipinski definition) is 4. The van der Waals surface area contributed by atoms with Crippen LogP contribution in [0.1, 0.15) is 13.8 Å². The second-order valence-electron chi connectivity index (χ2n) is 4.92. The lowest BCUT2D eigenvalue weighted by Crippen LogP contribution is -2.53. The van der Waals surface area contributed by atoms with E-state index in [1.807, 2.05) is 0 Å². The summed E-state index contributed by atoms with van der Waals surface area (Å²) >= 11 is 0. The second kappa shape index (κ2) is 6.70. The highest BCUT2D eigenvalue weighted by Crippen LogP contribution is 2.13. The van der Waals surface area contributed by atoms with Gasteiger partial charge in [0.05, 0.1) is 7.11 Å².